The van der Waals surface area contributed by atoms with Crippen LogP contribution in [0.1, 0.15) is 57.8 Å². The number of nitrogens with two attached hydrogens (primary N) is 1. The molecule has 0 bridgehead atoms. The number of hydrogen-bond acceptors (Lipinski definition) is 2. The Morgan fingerprint density at radius 3 is 2.59 bits per heavy atom. The van der Waals surface area contributed by atoms with Crippen molar-refractivity contribution in [2.75, 3.05) is 13.1 Å². The Hall–Kier alpha value is -0.570. The molecule has 1 amide bonds. The highest BCUT2D eigenvalue weighted by molar-refractivity contribution is 5.77. The second kappa shape index (κ2) is 6.39. The van der Waals surface area contributed by atoms with Crippen LogP contribution in [0.3, 0.4) is 0 Å². The van der Waals surface area contributed by atoms with Crippen molar-refractivity contribution in [3.63, 3.8) is 0 Å². The first-order valence-corrected chi connectivity index (χ1v) is 7.31. The molecule has 1 atom stereocenters. The highest BCUT2D eigenvalue weighted by Gasteiger charge is 2.30. The van der Waals surface area contributed by atoms with Crippen LogP contribution in [0.5, 0.6) is 0 Å². The molecule has 2 fully saturated rings. The monoisotopic (exact) mass is 238 g/mol. The molecule has 1 saturated carbocycles. The number of carbonyl (C=O) groups is 1. The zero-order valence-electron chi connectivity index (χ0n) is 10.9. The van der Waals surface area contributed by atoms with Crippen LogP contribution in [0, 0.1) is 5.92 Å². The molecular weight excluding hydrogens is 212 g/mol. The number of nitrogens with zero attached hydrogens (tertiary/aromatic N) is 1. The number of amides is 1. The molecular formula is C14H26N2O. The summed E-state index contributed by atoms with van der Waals surface area (Å²) in [6, 6.07) is 0.525. The Bertz CT molecular complexity index is 249. The molecule has 1 aliphatic heterocycles. The summed E-state index contributed by atoms with van der Waals surface area (Å²) in [5, 5.41) is 0. The summed E-state index contributed by atoms with van der Waals surface area (Å²) >= 11 is 0. The molecule has 0 aromatic rings. The van der Waals surface area contributed by atoms with Crippen molar-refractivity contribution in [3.05, 3.63) is 0 Å². The number of rotatable bonds is 4. The summed E-state index contributed by atoms with van der Waals surface area (Å²) in [6.45, 7) is 1.46. The third-order valence-electron chi connectivity index (χ3n) is 4.39. The smallest absolute Gasteiger partial charge is 0.224 e. The lowest BCUT2D eigenvalue weighted by molar-refractivity contribution is -0.132. The predicted octanol–water partition coefficient (Wildman–Crippen LogP) is 2.30. The van der Waals surface area contributed by atoms with E-state index in [4.69, 9.17) is 5.73 Å². The third-order valence-corrected chi connectivity index (χ3v) is 4.39. The van der Waals surface area contributed by atoms with Crippen molar-refractivity contribution >= 4 is 5.91 Å². The first-order chi connectivity index (χ1) is 8.31. The molecule has 3 nitrogen and oxygen atoms in total. The van der Waals surface area contributed by atoms with Gasteiger partial charge in [-0.15, -0.1) is 0 Å². The van der Waals surface area contributed by atoms with Gasteiger partial charge in [0.2, 0.25) is 5.91 Å². The Kier molecular flexibility index (Phi) is 4.84. The van der Waals surface area contributed by atoms with E-state index in [-0.39, 0.29) is 5.91 Å². The molecule has 1 heterocycles. The van der Waals surface area contributed by atoms with Crippen LogP contribution in [0.25, 0.3) is 0 Å². The first kappa shape index (κ1) is 12.9. The summed E-state index contributed by atoms with van der Waals surface area (Å²) < 4.78 is 0. The maximum absolute atomic E-state index is 11.9. The second-order valence-corrected chi connectivity index (χ2v) is 5.66. The molecule has 2 N–H and O–H groups in total. The van der Waals surface area contributed by atoms with Gasteiger partial charge in [0.05, 0.1) is 0 Å². The molecule has 0 aromatic carbocycles. The summed E-state index contributed by atoms with van der Waals surface area (Å²) in [4.78, 5) is 14.1. The van der Waals surface area contributed by atoms with Crippen LogP contribution >= 0.6 is 0 Å². The number of hydrogen-bond donors (Lipinski definition) is 1. The van der Waals surface area contributed by atoms with Crippen molar-refractivity contribution in [2.45, 2.75) is 63.8 Å². The quantitative estimate of drug-likeness (QED) is 0.817. The van der Waals surface area contributed by atoms with E-state index in [0.29, 0.717) is 19.0 Å². The maximum Gasteiger partial charge on any atom is 0.224 e. The van der Waals surface area contributed by atoms with Crippen molar-refractivity contribution in [1.29, 1.82) is 0 Å². The van der Waals surface area contributed by atoms with Gasteiger partial charge in [-0.05, 0) is 25.2 Å². The van der Waals surface area contributed by atoms with Crippen LogP contribution in [0.2, 0.25) is 0 Å². The average molecular weight is 238 g/mol. The van der Waals surface area contributed by atoms with Crippen LogP contribution in [0.4, 0.5) is 0 Å². The van der Waals surface area contributed by atoms with Gasteiger partial charge in [-0.2, -0.15) is 0 Å². The van der Waals surface area contributed by atoms with E-state index in [1.165, 1.54) is 51.4 Å². The van der Waals surface area contributed by atoms with Gasteiger partial charge in [-0.3, -0.25) is 4.79 Å². The number of likely N-dealkylation sites (tertiary alicyclic amines) is 1. The van der Waals surface area contributed by atoms with Crippen LogP contribution in [-0.4, -0.2) is 29.9 Å². The van der Waals surface area contributed by atoms with E-state index < -0.39 is 0 Å². The van der Waals surface area contributed by atoms with Gasteiger partial charge in [0, 0.05) is 25.6 Å². The summed E-state index contributed by atoms with van der Waals surface area (Å²) in [7, 11) is 0. The van der Waals surface area contributed by atoms with E-state index in [1.807, 2.05) is 0 Å². The van der Waals surface area contributed by atoms with Gasteiger partial charge in [0.25, 0.3) is 0 Å². The van der Waals surface area contributed by atoms with E-state index >= 15 is 0 Å². The Morgan fingerprint density at radius 2 is 1.88 bits per heavy atom. The van der Waals surface area contributed by atoms with E-state index in [1.54, 1.807) is 0 Å². The molecule has 2 aliphatic rings. The molecule has 3 heteroatoms. The third kappa shape index (κ3) is 3.44. The Labute approximate surface area is 105 Å². The van der Waals surface area contributed by atoms with E-state index in [9.17, 15) is 4.79 Å². The Morgan fingerprint density at radius 1 is 1.12 bits per heavy atom. The fraction of sp³-hybridized carbons (Fsp3) is 0.929. The van der Waals surface area contributed by atoms with Crippen molar-refractivity contribution in [3.8, 4) is 0 Å². The highest BCUT2D eigenvalue weighted by atomic mass is 16.2. The predicted molar refractivity (Wildman–Crippen MR) is 69.6 cm³/mol. The molecule has 1 unspecified atom stereocenters. The molecule has 1 saturated heterocycles. The molecule has 0 aromatic heterocycles. The first-order valence-electron chi connectivity index (χ1n) is 7.31. The van der Waals surface area contributed by atoms with Gasteiger partial charge in [0.15, 0.2) is 0 Å². The van der Waals surface area contributed by atoms with Gasteiger partial charge in [-0.25, -0.2) is 0 Å². The fourth-order valence-corrected chi connectivity index (χ4v) is 3.48. The van der Waals surface area contributed by atoms with E-state index in [2.05, 4.69) is 4.90 Å². The van der Waals surface area contributed by atoms with Crippen molar-refractivity contribution in [2.24, 2.45) is 11.7 Å². The van der Waals surface area contributed by atoms with Gasteiger partial charge < -0.3 is 10.6 Å². The zero-order valence-corrected chi connectivity index (χ0v) is 10.9. The molecule has 2 rings (SSSR count). The normalized spacial score (nSPS) is 26.4. The minimum Gasteiger partial charge on any atom is -0.340 e. The minimum absolute atomic E-state index is 0.283. The lowest BCUT2D eigenvalue weighted by atomic mass is 9.84. The largest absolute Gasteiger partial charge is 0.340 e. The zero-order chi connectivity index (χ0) is 12.1. The molecule has 98 valence electrons. The SMILES string of the molecule is NCCC(=O)N1CCCC1CC1CCCCC1. The molecule has 17 heavy (non-hydrogen) atoms. The van der Waals surface area contributed by atoms with Crippen molar-refractivity contribution < 1.29 is 4.79 Å². The molecule has 1 aliphatic carbocycles. The minimum atomic E-state index is 0.283. The van der Waals surface area contributed by atoms with Gasteiger partial charge in [0.1, 0.15) is 0 Å². The van der Waals surface area contributed by atoms with Gasteiger partial charge in [-0.1, -0.05) is 32.1 Å². The fourth-order valence-electron chi connectivity index (χ4n) is 3.48. The van der Waals surface area contributed by atoms with Crippen LogP contribution in [0.15, 0.2) is 0 Å². The van der Waals surface area contributed by atoms with Crippen LogP contribution < -0.4 is 5.73 Å². The maximum atomic E-state index is 11.9. The summed E-state index contributed by atoms with van der Waals surface area (Å²) in [5.41, 5.74) is 5.48. The van der Waals surface area contributed by atoms with Crippen molar-refractivity contribution in [1.82, 2.24) is 4.90 Å². The molecule has 0 spiro atoms. The standard InChI is InChI=1S/C14H26N2O/c15-9-8-14(17)16-10-4-7-13(16)11-12-5-2-1-3-6-12/h12-13H,1-11,15H2. The van der Waals surface area contributed by atoms with Gasteiger partial charge >= 0.3 is 0 Å². The Balaban J connectivity index is 1.83. The van der Waals surface area contributed by atoms with E-state index in [0.717, 1.165) is 12.5 Å². The summed E-state index contributed by atoms with van der Waals surface area (Å²) in [5.74, 6) is 1.16. The van der Waals surface area contributed by atoms with Crippen LogP contribution in [-0.2, 0) is 4.79 Å². The summed E-state index contributed by atoms with van der Waals surface area (Å²) in [6.07, 6.45) is 11.2. The molecule has 0 radical (unpaired) electrons. The second-order valence-electron chi connectivity index (χ2n) is 5.66. The average Bonchev–Trinajstić information content (AvgIpc) is 2.79. The lowest BCUT2D eigenvalue weighted by Gasteiger charge is -2.30. The lowest BCUT2D eigenvalue weighted by Crippen LogP contribution is -2.37. The number of carbonyl (C=O) groups excluding carboxylic acids is 1. The highest BCUT2D eigenvalue weighted by Crippen LogP contribution is 2.32. The topological polar surface area (TPSA) is 46.3 Å².